The van der Waals surface area contributed by atoms with Crippen LogP contribution in [0.2, 0.25) is 0 Å². The molecule has 0 aromatic heterocycles. The predicted molar refractivity (Wildman–Crippen MR) is 70.3 cm³/mol. The van der Waals surface area contributed by atoms with E-state index in [9.17, 15) is 0 Å². The van der Waals surface area contributed by atoms with E-state index in [0.717, 1.165) is 5.92 Å². The fourth-order valence-corrected chi connectivity index (χ4v) is 1.48. The first-order chi connectivity index (χ1) is 7.28. The lowest BCUT2D eigenvalue weighted by molar-refractivity contribution is 0.477. The lowest BCUT2D eigenvalue weighted by atomic mass is 9.97. The Labute approximate surface area is 96.5 Å². The Morgan fingerprint density at radius 3 is 1.60 bits per heavy atom. The number of rotatable bonds is 4. The Morgan fingerprint density at radius 1 is 0.933 bits per heavy atom. The van der Waals surface area contributed by atoms with Crippen LogP contribution in [0.25, 0.3) is 0 Å². The van der Waals surface area contributed by atoms with E-state index in [0.29, 0.717) is 6.32 Å². The smallest absolute Gasteiger partial charge is 0.0651 e. The van der Waals surface area contributed by atoms with Crippen LogP contribution in [0.15, 0.2) is 30.3 Å². The van der Waals surface area contributed by atoms with Gasteiger partial charge < -0.3 is 0 Å². The van der Waals surface area contributed by atoms with E-state index in [1.165, 1.54) is 24.8 Å². The van der Waals surface area contributed by atoms with Gasteiger partial charge in [-0.25, -0.2) is 0 Å². The van der Waals surface area contributed by atoms with E-state index < -0.39 is 0 Å². The average molecular weight is 202 g/mol. The van der Waals surface area contributed by atoms with Gasteiger partial charge >= 0.3 is 0 Å². The van der Waals surface area contributed by atoms with Crippen molar-refractivity contribution >= 4 is 7.85 Å². The topological polar surface area (TPSA) is 0 Å². The largest absolute Gasteiger partial charge is 0.0716 e. The monoisotopic (exact) mass is 202 g/mol. The van der Waals surface area contributed by atoms with Crippen LogP contribution < -0.4 is 0 Å². The molecule has 15 heavy (non-hydrogen) atoms. The van der Waals surface area contributed by atoms with Gasteiger partial charge in [-0.2, -0.15) is 0 Å². The first-order valence-corrected chi connectivity index (χ1v) is 6.02. The van der Waals surface area contributed by atoms with Crippen molar-refractivity contribution in [1.82, 2.24) is 0 Å². The van der Waals surface area contributed by atoms with Gasteiger partial charge in [-0.05, 0) is 5.92 Å². The molecule has 0 N–H and O–H groups in total. The van der Waals surface area contributed by atoms with Crippen molar-refractivity contribution in [3.8, 4) is 0 Å². The molecule has 0 amide bonds. The minimum Gasteiger partial charge on any atom is -0.0651 e. The van der Waals surface area contributed by atoms with Gasteiger partial charge in [-0.1, -0.05) is 82.2 Å². The van der Waals surface area contributed by atoms with Crippen LogP contribution in [-0.4, -0.2) is 7.85 Å². The van der Waals surface area contributed by atoms with Crippen LogP contribution in [0.1, 0.15) is 45.6 Å². The Hall–Kier alpha value is -0.715. The average Bonchev–Trinajstić information content (AvgIpc) is 2.33. The van der Waals surface area contributed by atoms with Gasteiger partial charge in [0.2, 0.25) is 0 Å². The molecule has 0 aliphatic carbocycles. The Bertz CT molecular complexity index is 209. The molecule has 1 aromatic carbocycles. The van der Waals surface area contributed by atoms with Gasteiger partial charge in [0.05, 0.1) is 7.85 Å². The van der Waals surface area contributed by atoms with Crippen LogP contribution in [0, 0.1) is 5.92 Å². The number of hydrogen-bond donors (Lipinski definition) is 0. The van der Waals surface area contributed by atoms with E-state index in [1.807, 2.05) is 30.3 Å². The van der Waals surface area contributed by atoms with Gasteiger partial charge in [0.25, 0.3) is 0 Å². The Morgan fingerprint density at radius 2 is 1.40 bits per heavy atom. The summed E-state index contributed by atoms with van der Waals surface area (Å²) in [5.74, 6) is 0.986. The molecule has 0 nitrogen and oxygen atoms in total. The third-order valence-electron chi connectivity index (χ3n) is 2.81. The molecule has 82 valence electrons. The van der Waals surface area contributed by atoms with E-state index in [-0.39, 0.29) is 0 Å². The Kier molecular flexibility index (Phi) is 9.36. The molecule has 0 heterocycles. The highest BCUT2D eigenvalue weighted by Crippen LogP contribution is 2.10. The summed E-state index contributed by atoms with van der Waals surface area (Å²) in [6.45, 7) is 6.78. The summed E-state index contributed by atoms with van der Waals surface area (Å²) in [7, 11) is 5.35. The van der Waals surface area contributed by atoms with Crippen molar-refractivity contribution in [2.24, 2.45) is 5.92 Å². The van der Waals surface area contributed by atoms with Crippen molar-refractivity contribution in [2.75, 3.05) is 0 Å². The second-order valence-electron chi connectivity index (χ2n) is 3.78. The van der Waals surface area contributed by atoms with Crippen molar-refractivity contribution in [3.05, 3.63) is 35.9 Å². The van der Waals surface area contributed by atoms with Gasteiger partial charge in [0.15, 0.2) is 0 Å². The summed E-state index contributed by atoms with van der Waals surface area (Å²) in [5, 5.41) is 0. The fourth-order valence-electron chi connectivity index (χ4n) is 1.48. The normalized spacial score (nSPS) is 9.60. The summed E-state index contributed by atoms with van der Waals surface area (Å²) >= 11 is 0. The maximum Gasteiger partial charge on any atom is 0.0716 e. The molecule has 0 unspecified atom stereocenters. The third kappa shape index (κ3) is 7.24. The minimum atomic E-state index is 0.640. The SMILES string of the molecule is CCC(CC)CC.[B]Cc1ccccc1. The molecule has 0 atom stereocenters. The molecule has 0 bridgehead atoms. The summed E-state index contributed by atoms with van der Waals surface area (Å²) in [6, 6.07) is 9.99. The first-order valence-electron chi connectivity index (χ1n) is 6.02. The molecule has 2 radical (unpaired) electrons. The quantitative estimate of drug-likeness (QED) is 0.642. The van der Waals surface area contributed by atoms with E-state index in [1.54, 1.807) is 0 Å². The van der Waals surface area contributed by atoms with Gasteiger partial charge in [0.1, 0.15) is 0 Å². The van der Waals surface area contributed by atoms with Gasteiger partial charge in [-0.15, -0.1) is 0 Å². The van der Waals surface area contributed by atoms with Gasteiger partial charge in [0, 0.05) is 0 Å². The summed E-state index contributed by atoms with van der Waals surface area (Å²) < 4.78 is 0. The molecule has 0 aliphatic rings. The highest BCUT2D eigenvalue weighted by Gasteiger charge is 1.95. The number of benzene rings is 1. The molecule has 0 saturated heterocycles. The Balaban J connectivity index is 0.000000265. The van der Waals surface area contributed by atoms with E-state index in [4.69, 9.17) is 7.85 Å². The minimum absolute atomic E-state index is 0.640. The second kappa shape index (κ2) is 9.83. The van der Waals surface area contributed by atoms with Crippen LogP contribution in [0.3, 0.4) is 0 Å². The third-order valence-corrected chi connectivity index (χ3v) is 2.81. The van der Waals surface area contributed by atoms with Gasteiger partial charge in [-0.3, -0.25) is 0 Å². The van der Waals surface area contributed by atoms with Crippen molar-refractivity contribution in [1.29, 1.82) is 0 Å². The molecular weight excluding hydrogens is 179 g/mol. The molecule has 0 aliphatic heterocycles. The summed E-state index contributed by atoms with van der Waals surface area (Å²) in [4.78, 5) is 0. The molecular formula is C14H23B. The predicted octanol–water partition coefficient (Wildman–Crippen LogP) is 4.19. The van der Waals surface area contributed by atoms with Crippen LogP contribution in [0.4, 0.5) is 0 Å². The molecule has 0 saturated carbocycles. The fraction of sp³-hybridized carbons (Fsp3) is 0.571. The van der Waals surface area contributed by atoms with Crippen LogP contribution in [-0.2, 0) is 6.32 Å². The van der Waals surface area contributed by atoms with Crippen LogP contribution >= 0.6 is 0 Å². The molecule has 1 heteroatoms. The molecule has 0 spiro atoms. The van der Waals surface area contributed by atoms with Crippen molar-refractivity contribution in [2.45, 2.75) is 46.4 Å². The zero-order valence-corrected chi connectivity index (χ0v) is 10.4. The lowest BCUT2D eigenvalue weighted by Crippen LogP contribution is -1.91. The lowest BCUT2D eigenvalue weighted by Gasteiger charge is -2.05. The zero-order chi connectivity index (χ0) is 11.5. The zero-order valence-electron chi connectivity index (χ0n) is 10.4. The van der Waals surface area contributed by atoms with E-state index >= 15 is 0 Å². The number of hydrogen-bond acceptors (Lipinski definition) is 0. The maximum atomic E-state index is 5.35. The summed E-state index contributed by atoms with van der Waals surface area (Å²) in [6.07, 6.45) is 4.70. The highest BCUT2D eigenvalue weighted by molar-refractivity contribution is 6.08. The van der Waals surface area contributed by atoms with E-state index in [2.05, 4.69) is 20.8 Å². The maximum absolute atomic E-state index is 5.35. The standard InChI is InChI=1S/C7H7B.C7H16/c8-6-7-4-2-1-3-5-7;1-4-7(5-2)6-3/h1-5H,6H2;7H,4-6H2,1-3H3. The van der Waals surface area contributed by atoms with Crippen LogP contribution in [0.5, 0.6) is 0 Å². The molecule has 1 aromatic rings. The molecule has 0 fully saturated rings. The first kappa shape index (κ1) is 14.3. The summed E-state index contributed by atoms with van der Waals surface area (Å²) in [5.41, 5.74) is 1.19. The van der Waals surface area contributed by atoms with Crippen molar-refractivity contribution in [3.63, 3.8) is 0 Å². The molecule has 1 rings (SSSR count). The second-order valence-corrected chi connectivity index (χ2v) is 3.78. The highest BCUT2D eigenvalue weighted by atomic mass is 14.0. The van der Waals surface area contributed by atoms with Crippen molar-refractivity contribution < 1.29 is 0 Å².